The molecule has 0 aliphatic carbocycles. The summed E-state index contributed by atoms with van der Waals surface area (Å²) in [7, 11) is 0. The number of aliphatic hydroxyl groups is 2. The number of ether oxygens (including phenoxy) is 1. The van der Waals surface area contributed by atoms with E-state index in [2.05, 4.69) is 0 Å². The summed E-state index contributed by atoms with van der Waals surface area (Å²) >= 11 is 0. The Morgan fingerprint density at radius 3 is 2.29 bits per heavy atom. The van der Waals surface area contributed by atoms with E-state index >= 15 is 0 Å². The van der Waals surface area contributed by atoms with Crippen molar-refractivity contribution in [3.8, 4) is 5.75 Å². The van der Waals surface area contributed by atoms with E-state index in [4.69, 9.17) is 4.74 Å². The Hall–Kier alpha value is -1.10. The molecule has 2 N–H and O–H groups in total. The number of rotatable bonds is 4. The van der Waals surface area contributed by atoms with Crippen molar-refractivity contribution >= 4 is 0 Å². The normalized spacial score (nSPS) is 25.1. The Kier molecular flexibility index (Phi) is 3.99. The number of nitrogens with zero attached hydrogens (tertiary/aromatic N) is 1. The van der Waals surface area contributed by atoms with E-state index in [9.17, 15) is 10.2 Å². The van der Waals surface area contributed by atoms with Crippen LogP contribution < -0.4 is 4.74 Å². The highest BCUT2D eigenvalue weighted by Crippen LogP contribution is 2.17. The van der Waals surface area contributed by atoms with Crippen molar-refractivity contribution < 1.29 is 14.9 Å². The lowest BCUT2D eigenvalue weighted by atomic mass is 10.2. The van der Waals surface area contributed by atoms with E-state index in [1.165, 1.54) is 0 Å². The Labute approximate surface area is 101 Å². The van der Waals surface area contributed by atoms with E-state index in [-0.39, 0.29) is 0 Å². The zero-order valence-corrected chi connectivity index (χ0v) is 10.0. The van der Waals surface area contributed by atoms with Crippen LogP contribution in [-0.4, -0.2) is 47.0 Å². The summed E-state index contributed by atoms with van der Waals surface area (Å²) in [6.45, 7) is 4.45. The number of aliphatic hydroxyl groups excluding tert-OH is 2. The Bertz CT molecular complexity index is 342. The molecule has 0 amide bonds. The maximum Gasteiger partial charge on any atom is 0.119 e. The van der Waals surface area contributed by atoms with Crippen LogP contribution in [0.25, 0.3) is 0 Å². The molecule has 1 aliphatic rings. The monoisotopic (exact) mass is 237 g/mol. The lowest BCUT2D eigenvalue weighted by molar-refractivity contribution is 0.0572. The van der Waals surface area contributed by atoms with Gasteiger partial charge in [-0.25, -0.2) is 0 Å². The fourth-order valence-corrected chi connectivity index (χ4v) is 2.09. The van der Waals surface area contributed by atoms with Crippen molar-refractivity contribution in [2.24, 2.45) is 0 Å². The molecule has 2 rings (SSSR count). The minimum Gasteiger partial charge on any atom is -0.494 e. The third-order valence-electron chi connectivity index (χ3n) is 2.98. The van der Waals surface area contributed by atoms with Crippen molar-refractivity contribution in [1.82, 2.24) is 4.90 Å². The van der Waals surface area contributed by atoms with Gasteiger partial charge in [0.25, 0.3) is 0 Å². The fraction of sp³-hybridized carbons (Fsp3) is 0.538. The maximum atomic E-state index is 9.45. The van der Waals surface area contributed by atoms with Crippen molar-refractivity contribution in [2.75, 3.05) is 19.7 Å². The highest BCUT2D eigenvalue weighted by Gasteiger charge is 2.29. The lowest BCUT2D eigenvalue weighted by Crippen LogP contribution is -2.22. The molecule has 0 aromatic heterocycles. The molecule has 4 heteroatoms. The van der Waals surface area contributed by atoms with Crippen LogP contribution in [0.1, 0.15) is 12.5 Å². The van der Waals surface area contributed by atoms with Gasteiger partial charge in [0, 0.05) is 19.6 Å². The molecule has 94 valence electrons. The van der Waals surface area contributed by atoms with Crippen LogP contribution in [0.5, 0.6) is 5.75 Å². The molecule has 1 aromatic rings. The molecular weight excluding hydrogens is 218 g/mol. The van der Waals surface area contributed by atoms with Gasteiger partial charge in [-0.1, -0.05) is 12.1 Å². The van der Waals surface area contributed by atoms with Crippen LogP contribution in [0.15, 0.2) is 24.3 Å². The number of likely N-dealkylation sites (tertiary alicyclic amines) is 1. The van der Waals surface area contributed by atoms with Crippen LogP contribution in [0.4, 0.5) is 0 Å². The van der Waals surface area contributed by atoms with Gasteiger partial charge in [-0.15, -0.1) is 0 Å². The quantitative estimate of drug-likeness (QED) is 0.806. The van der Waals surface area contributed by atoms with Crippen LogP contribution in [0.2, 0.25) is 0 Å². The second-order valence-corrected chi connectivity index (χ2v) is 4.41. The van der Waals surface area contributed by atoms with Gasteiger partial charge in [-0.05, 0) is 24.6 Å². The summed E-state index contributed by atoms with van der Waals surface area (Å²) in [5.41, 5.74) is 1.16. The predicted molar refractivity (Wildman–Crippen MR) is 64.9 cm³/mol. The Morgan fingerprint density at radius 2 is 1.76 bits per heavy atom. The van der Waals surface area contributed by atoms with Gasteiger partial charge in [0.15, 0.2) is 0 Å². The standard InChI is InChI=1S/C13H19NO3/c1-2-17-11-5-3-10(4-6-11)7-14-8-12(15)13(16)9-14/h3-6,12-13,15-16H,2,7-9H2,1H3/t12-,13+. The third-order valence-corrected chi connectivity index (χ3v) is 2.98. The van der Waals surface area contributed by atoms with Gasteiger partial charge in [0.05, 0.1) is 18.8 Å². The van der Waals surface area contributed by atoms with Gasteiger partial charge in [-0.3, -0.25) is 4.90 Å². The zero-order chi connectivity index (χ0) is 12.3. The van der Waals surface area contributed by atoms with Crippen LogP contribution >= 0.6 is 0 Å². The van der Waals surface area contributed by atoms with Gasteiger partial charge >= 0.3 is 0 Å². The second kappa shape index (κ2) is 5.49. The van der Waals surface area contributed by atoms with Gasteiger partial charge < -0.3 is 14.9 Å². The first kappa shape index (κ1) is 12.4. The third kappa shape index (κ3) is 3.19. The van der Waals surface area contributed by atoms with E-state index in [1.54, 1.807) is 0 Å². The molecule has 0 radical (unpaired) electrons. The molecule has 1 aliphatic heterocycles. The highest BCUT2D eigenvalue weighted by atomic mass is 16.5. The molecule has 1 saturated heterocycles. The minimum absolute atomic E-state index is 0.536. The largest absolute Gasteiger partial charge is 0.494 e. The van der Waals surface area contributed by atoms with Crippen molar-refractivity contribution in [1.29, 1.82) is 0 Å². The molecular formula is C13H19NO3. The fourth-order valence-electron chi connectivity index (χ4n) is 2.09. The van der Waals surface area contributed by atoms with Gasteiger partial charge in [0.2, 0.25) is 0 Å². The van der Waals surface area contributed by atoms with Crippen molar-refractivity contribution in [3.05, 3.63) is 29.8 Å². The van der Waals surface area contributed by atoms with E-state index in [0.29, 0.717) is 19.7 Å². The first-order valence-electron chi connectivity index (χ1n) is 5.99. The number of benzene rings is 1. The van der Waals surface area contributed by atoms with Crippen molar-refractivity contribution in [2.45, 2.75) is 25.7 Å². The number of β-amino-alcohol motifs (C(OH)–C–C–N with tert-alkyl or cyclic N) is 2. The van der Waals surface area contributed by atoms with Crippen LogP contribution in [-0.2, 0) is 6.54 Å². The predicted octanol–water partition coefficient (Wildman–Crippen LogP) is 0.623. The topological polar surface area (TPSA) is 52.9 Å². The molecule has 1 aromatic carbocycles. The van der Waals surface area contributed by atoms with Crippen molar-refractivity contribution in [3.63, 3.8) is 0 Å². The summed E-state index contributed by atoms with van der Waals surface area (Å²) < 4.78 is 5.37. The summed E-state index contributed by atoms with van der Waals surface area (Å²) in [6, 6.07) is 7.92. The average molecular weight is 237 g/mol. The molecule has 2 atom stereocenters. The van der Waals surface area contributed by atoms with Gasteiger partial charge in [0.1, 0.15) is 5.75 Å². The first-order chi connectivity index (χ1) is 8.19. The smallest absolute Gasteiger partial charge is 0.119 e. The van der Waals surface area contributed by atoms with E-state index in [0.717, 1.165) is 17.9 Å². The molecule has 0 spiro atoms. The maximum absolute atomic E-state index is 9.45. The highest BCUT2D eigenvalue weighted by molar-refractivity contribution is 5.27. The van der Waals surface area contributed by atoms with E-state index < -0.39 is 12.2 Å². The Morgan fingerprint density at radius 1 is 1.18 bits per heavy atom. The average Bonchev–Trinajstić information content (AvgIpc) is 2.61. The molecule has 1 fully saturated rings. The van der Waals surface area contributed by atoms with Crippen LogP contribution in [0, 0.1) is 0 Å². The lowest BCUT2D eigenvalue weighted by Gasteiger charge is -2.14. The molecule has 0 unspecified atom stereocenters. The molecule has 0 saturated carbocycles. The molecule has 0 bridgehead atoms. The van der Waals surface area contributed by atoms with Gasteiger partial charge in [-0.2, -0.15) is 0 Å². The summed E-state index contributed by atoms with van der Waals surface area (Å²) in [5, 5.41) is 18.9. The summed E-state index contributed by atoms with van der Waals surface area (Å²) in [5.74, 6) is 0.873. The SMILES string of the molecule is CCOc1ccc(CN2C[C@@H](O)[C@@H](O)C2)cc1. The molecule has 1 heterocycles. The summed E-state index contributed by atoms with van der Waals surface area (Å²) in [6.07, 6.45) is -1.23. The second-order valence-electron chi connectivity index (χ2n) is 4.41. The Balaban J connectivity index is 1.91. The van der Waals surface area contributed by atoms with E-state index in [1.807, 2.05) is 36.1 Å². The zero-order valence-electron chi connectivity index (χ0n) is 10.0. The number of hydrogen-bond acceptors (Lipinski definition) is 4. The minimum atomic E-state index is -0.613. The summed E-state index contributed by atoms with van der Waals surface area (Å²) in [4.78, 5) is 2.05. The molecule has 17 heavy (non-hydrogen) atoms. The van der Waals surface area contributed by atoms with Crippen LogP contribution in [0.3, 0.4) is 0 Å². The molecule has 4 nitrogen and oxygen atoms in total. The first-order valence-corrected chi connectivity index (χ1v) is 5.99. The number of hydrogen-bond donors (Lipinski definition) is 2.